The predicted molar refractivity (Wildman–Crippen MR) is 90.9 cm³/mol. The highest BCUT2D eigenvalue weighted by Gasteiger charge is 2.19. The second-order valence-corrected chi connectivity index (χ2v) is 6.83. The molecule has 2 aromatic rings. The number of aryl methyl sites for hydroxylation is 1. The van der Waals surface area contributed by atoms with Gasteiger partial charge in [-0.3, -0.25) is 0 Å². The van der Waals surface area contributed by atoms with E-state index >= 15 is 0 Å². The summed E-state index contributed by atoms with van der Waals surface area (Å²) in [6, 6.07) is 7.91. The van der Waals surface area contributed by atoms with E-state index in [4.69, 9.17) is 4.74 Å². The third-order valence-electron chi connectivity index (χ3n) is 3.86. The Kier molecular flexibility index (Phi) is 5.12. The van der Waals surface area contributed by atoms with Gasteiger partial charge >= 0.3 is 6.03 Å². The lowest BCUT2D eigenvalue weighted by molar-refractivity contribution is 0.211. The Morgan fingerprint density at radius 1 is 1.39 bits per heavy atom. The summed E-state index contributed by atoms with van der Waals surface area (Å²) in [4.78, 5) is 17.4. The molecule has 23 heavy (non-hydrogen) atoms. The zero-order valence-corrected chi connectivity index (χ0v) is 14.0. The standard InChI is InChI=1S/C17H21N3O2S/c1-2-14-9-18-16(23-14)10-20-17(21)19-8-12-7-13-5-3-4-6-15(13)22-11-12/h3-6,9,12H,2,7-8,10-11H2,1H3,(H2,19,20,21)/t12-/m0/s1. The van der Waals surface area contributed by atoms with Crippen molar-refractivity contribution in [2.45, 2.75) is 26.3 Å². The smallest absolute Gasteiger partial charge is 0.315 e. The molecule has 2 amide bonds. The molecule has 0 spiro atoms. The first-order valence-corrected chi connectivity index (χ1v) is 8.72. The maximum absolute atomic E-state index is 11.9. The van der Waals surface area contributed by atoms with Crippen LogP contribution in [0.4, 0.5) is 4.79 Å². The molecule has 0 saturated carbocycles. The number of benzene rings is 1. The van der Waals surface area contributed by atoms with Gasteiger partial charge in [-0.1, -0.05) is 25.1 Å². The second-order valence-electron chi connectivity index (χ2n) is 5.63. The number of carbonyl (C=O) groups is 1. The molecule has 1 atom stereocenters. The van der Waals surface area contributed by atoms with E-state index in [1.54, 1.807) is 11.3 Å². The van der Waals surface area contributed by atoms with Crippen LogP contribution in [0.25, 0.3) is 0 Å². The molecule has 2 heterocycles. The SMILES string of the molecule is CCc1cnc(CNC(=O)NC[C@H]2COc3ccccc3C2)s1. The van der Waals surface area contributed by atoms with Gasteiger partial charge in [-0.15, -0.1) is 11.3 Å². The van der Waals surface area contributed by atoms with Gasteiger partial charge in [0.05, 0.1) is 13.2 Å². The van der Waals surface area contributed by atoms with Crippen molar-refractivity contribution >= 4 is 17.4 Å². The molecule has 3 rings (SSSR count). The summed E-state index contributed by atoms with van der Waals surface area (Å²) < 4.78 is 5.73. The highest BCUT2D eigenvalue weighted by atomic mass is 32.1. The lowest BCUT2D eigenvalue weighted by Crippen LogP contribution is -2.40. The number of amides is 2. The van der Waals surface area contributed by atoms with Crippen molar-refractivity contribution in [1.29, 1.82) is 0 Å². The molecule has 5 nitrogen and oxygen atoms in total. The predicted octanol–water partition coefficient (Wildman–Crippen LogP) is 2.76. The summed E-state index contributed by atoms with van der Waals surface area (Å²) in [7, 11) is 0. The zero-order valence-electron chi connectivity index (χ0n) is 13.2. The summed E-state index contributed by atoms with van der Waals surface area (Å²) in [6.07, 6.45) is 3.78. The number of aromatic nitrogens is 1. The van der Waals surface area contributed by atoms with E-state index in [9.17, 15) is 4.79 Å². The van der Waals surface area contributed by atoms with Crippen LogP contribution in [0.1, 0.15) is 22.4 Å². The number of nitrogens with one attached hydrogen (secondary N) is 2. The van der Waals surface area contributed by atoms with Crippen molar-refractivity contribution in [3.63, 3.8) is 0 Å². The van der Waals surface area contributed by atoms with Gasteiger partial charge < -0.3 is 15.4 Å². The van der Waals surface area contributed by atoms with E-state index in [0.29, 0.717) is 25.6 Å². The van der Waals surface area contributed by atoms with Crippen molar-refractivity contribution in [3.8, 4) is 5.75 Å². The largest absolute Gasteiger partial charge is 0.493 e. The van der Waals surface area contributed by atoms with Gasteiger partial charge in [0.25, 0.3) is 0 Å². The van der Waals surface area contributed by atoms with Gasteiger partial charge in [0.15, 0.2) is 0 Å². The average molecular weight is 331 g/mol. The van der Waals surface area contributed by atoms with Crippen molar-refractivity contribution in [2.24, 2.45) is 5.92 Å². The van der Waals surface area contributed by atoms with Crippen molar-refractivity contribution in [3.05, 3.63) is 45.9 Å². The minimum Gasteiger partial charge on any atom is -0.493 e. The molecular weight excluding hydrogens is 310 g/mol. The Balaban J connectivity index is 1.41. The van der Waals surface area contributed by atoms with E-state index in [0.717, 1.165) is 23.6 Å². The zero-order chi connectivity index (χ0) is 16.1. The molecule has 0 saturated heterocycles. The van der Waals surface area contributed by atoms with Crippen LogP contribution in [0, 0.1) is 5.92 Å². The number of thiazole rings is 1. The number of fused-ring (bicyclic) bond motifs is 1. The minimum atomic E-state index is -0.155. The third-order valence-corrected chi connectivity index (χ3v) is 5.00. The highest BCUT2D eigenvalue weighted by Crippen LogP contribution is 2.26. The van der Waals surface area contributed by atoms with E-state index < -0.39 is 0 Å². The summed E-state index contributed by atoms with van der Waals surface area (Å²) in [6.45, 7) is 3.82. The molecular formula is C17H21N3O2S. The van der Waals surface area contributed by atoms with Crippen LogP contribution in [0.3, 0.4) is 0 Å². The minimum absolute atomic E-state index is 0.155. The van der Waals surface area contributed by atoms with Crippen LogP contribution in [0.5, 0.6) is 5.75 Å². The summed E-state index contributed by atoms with van der Waals surface area (Å²) in [5.74, 6) is 1.27. The normalized spacial score (nSPS) is 16.3. The third kappa shape index (κ3) is 4.22. The Labute approximate surface area is 140 Å². The topological polar surface area (TPSA) is 63.2 Å². The average Bonchev–Trinajstić information content (AvgIpc) is 3.06. The number of carbonyl (C=O) groups excluding carboxylic acids is 1. The first-order valence-electron chi connectivity index (χ1n) is 7.90. The maximum atomic E-state index is 11.9. The molecule has 0 unspecified atom stereocenters. The van der Waals surface area contributed by atoms with Crippen molar-refractivity contribution in [2.75, 3.05) is 13.2 Å². The fraction of sp³-hybridized carbons (Fsp3) is 0.412. The summed E-state index contributed by atoms with van der Waals surface area (Å²) >= 11 is 1.64. The number of ether oxygens (including phenoxy) is 1. The van der Waals surface area contributed by atoms with E-state index in [1.165, 1.54) is 10.4 Å². The van der Waals surface area contributed by atoms with Gasteiger partial charge in [0.2, 0.25) is 0 Å². The maximum Gasteiger partial charge on any atom is 0.315 e. The number of urea groups is 1. The van der Waals surface area contributed by atoms with Crippen LogP contribution in [-0.2, 0) is 19.4 Å². The fourth-order valence-electron chi connectivity index (χ4n) is 2.57. The highest BCUT2D eigenvalue weighted by molar-refractivity contribution is 7.11. The number of hydrogen-bond acceptors (Lipinski definition) is 4. The van der Waals surface area contributed by atoms with Gasteiger partial charge in [0.1, 0.15) is 10.8 Å². The Morgan fingerprint density at radius 3 is 3.09 bits per heavy atom. The van der Waals surface area contributed by atoms with Gasteiger partial charge in [-0.25, -0.2) is 9.78 Å². The van der Waals surface area contributed by atoms with E-state index in [-0.39, 0.29) is 6.03 Å². The molecule has 0 fully saturated rings. The fourth-order valence-corrected chi connectivity index (χ4v) is 3.37. The Morgan fingerprint density at radius 2 is 2.26 bits per heavy atom. The van der Waals surface area contributed by atoms with Crippen LogP contribution >= 0.6 is 11.3 Å². The van der Waals surface area contributed by atoms with Gasteiger partial charge in [-0.2, -0.15) is 0 Å². The molecule has 6 heteroatoms. The number of hydrogen-bond donors (Lipinski definition) is 2. The lowest BCUT2D eigenvalue weighted by atomic mass is 9.97. The van der Waals surface area contributed by atoms with E-state index in [2.05, 4.69) is 28.6 Å². The van der Waals surface area contributed by atoms with Crippen LogP contribution < -0.4 is 15.4 Å². The lowest BCUT2D eigenvalue weighted by Gasteiger charge is -2.25. The van der Waals surface area contributed by atoms with Gasteiger partial charge in [0, 0.05) is 23.5 Å². The van der Waals surface area contributed by atoms with Crippen molar-refractivity contribution < 1.29 is 9.53 Å². The van der Waals surface area contributed by atoms with Crippen LogP contribution in [0.2, 0.25) is 0 Å². The molecule has 122 valence electrons. The number of para-hydroxylation sites is 1. The Hall–Kier alpha value is -2.08. The first kappa shape index (κ1) is 15.8. The number of rotatable bonds is 5. The summed E-state index contributed by atoms with van der Waals surface area (Å²) in [5, 5.41) is 6.71. The Bertz CT molecular complexity index is 671. The molecule has 1 aliphatic rings. The van der Waals surface area contributed by atoms with Gasteiger partial charge in [-0.05, 0) is 24.5 Å². The van der Waals surface area contributed by atoms with Crippen LogP contribution in [-0.4, -0.2) is 24.2 Å². The molecule has 1 aliphatic heterocycles. The molecule has 2 N–H and O–H groups in total. The quantitative estimate of drug-likeness (QED) is 0.885. The molecule has 1 aromatic heterocycles. The monoisotopic (exact) mass is 331 g/mol. The van der Waals surface area contributed by atoms with E-state index in [1.807, 2.05) is 24.4 Å². The molecule has 0 aliphatic carbocycles. The van der Waals surface area contributed by atoms with Crippen LogP contribution in [0.15, 0.2) is 30.5 Å². The second kappa shape index (κ2) is 7.46. The first-order chi connectivity index (χ1) is 11.2. The summed E-state index contributed by atoms with van der Waals surface area (Å²) in [5.41, 5.74) is 1.21. The molecule has 0 bridgehead atoms. The molecule has 1 aromatic carbocycles. The number of nitrogens with zero attached hydrogens (tertiary/aromatic N) is 1. The van der Waals surface area contributed by atoms with Crippen molar-refractivity contribution in [1.82, 2.24) is 15.6 Å². The molecule has 0 radical (unpaired) electrons.